The van der Waals surface area contributed by atoms with Crippen molar-refractivity contribution in [1.82, 2.24) is 10.2 Å². The molecule has 2 rings (SSSR count). The first-order valence-corrected chi connectivity index (χ1v) is 7.25. The SMILES string of the molecule is CNCCC1(OCCC2CCCN2C)CCC1. The zero-order chi connectivity index (χ0) is 12.1. The minimum Gasteiger partial charge on any atom is -0.375 e. The first-order chi connectivity index (χ1) is 8.26. The van der Waals surface area contributed by atoms with E-state index >= 15 is 0 Å². The largest absolute Gasteiger partial charge is 0.375 e. The Morgan fingerprint density at radius 1 is 1.35 bits per heavy atom. The fraction of sp³-hybridized carbons (Fsp3) is 1.00. The van der Waals surface area contributed by atoms with E-state index in [-0.39, 0.29) is 5.60 Å². The average Bonchev–Trinajstić information content (AvgIpc) is 2.67. The summed E-state index contributed by atoms with van der Waals surface area (Å²) in [6, 6.07) is 0.774. The molecule has 0 radical (unpaired) electrons. The average molecular weight is 240 g/mol. The first kappa shape index (κ1) is 13.3. The van der Waals surface area contributed by atoms with E-state index in [9.17, 15) is 0 Å². The summed E-state index contributed by atoms with van der Waals surface area (Å²) < 4.78 is 6.21. The molecule has 3 heteroatoms. The second kappa shape index (κ2) is 6.17. The predicted molar refractivity (Wildman–Crippen MR) is 71.3 cm³/mol. The Hall–Kier alpha value is -0.120. The highest BCUT2D eigenvalue weighted by Crippen LogP contribution is 2.38. The van der Waals surface area contributed by atoms with Crippen molar-refractivity contribution in [2.45, 2.75) is 56.6 Å². The van der Waals surface area contributed by atoms with Crippen LogP contribution in [0.4, 0.5) is 0 Å². The molecule has 1 atom stereocenters. The Bertz CT molecular complexity index is 228. The highest BCUT2D eigenvalue weighted by molar-refractivity contribution is 4.90. The number of nitrogens with zero attached hydrogens (tertiary/aromatic N) is 1. The summed E-state index contributed by atoms with van der Waals surface area (Å²) in [4.78, 5) is 2.49. The molecule has 1 saturated heterocycles. The molecule has 1 aliphatic heterocycles. The number of ether oxygens (including phenoxy) is 1. The lowest BCUT2D eigenvalue weighted by Gasteiger charge is -2.42. The third-order valence-electron chi connectivity index (χ3n) is 4.63. The topological polar surface area (TPSA) is 24.5 Å². The maximum atomic E-state index is 6.21. The van der Waals surface area contributed by atoms with Gasteiger partial charge in [0.1, 0.15) is 0 Å². The van der Waals surface area contributed by atoms with Crippen LogP contribution in [0.25, 0.3) is 0 Å². The van der Waals surface area contributed by atoms with E-state index in [1.807, 2.05) is 7.05 Å². The van der Waals surface area contributed by atoms with Gasteiger partial charge in [0.15, 0.2) is 0 Å². The Morgan fingerprint density at radius 2 is 2.18 bits per heavy atom. The molecule has 17 heavy (non-hydrogen) atoms. The second-order valence-electron chi connectivity index (χ2n) is 5.80. The van der Waals surface area contributed by atoms with Crippen LogP contribution in [0.2, 0.25) is 0 Å². The minimum atomic E-state index is 0.236. The third-order valence-corrected chi connectivity index (χ3v) is 4.63. The maximum absolute atomic E-state index is 6.21. The van der Waals surface area contributed by atoms with Gasteiger partial charge in [0.2, 0.25) is 0 Å². The van der Waals surface area contributed by atoms with Crippen LogP contribution in [-0.2, 0) is 4.74 Å². The summed E-state index contributed by atoms with van der Waals surface area (Å²) in [5.41, 5.74) is 0.236. The van der Waals surface area contributed by atoms with Crippen LogP contribution >= 0.6 is 0 Å². The Labute approximate surface area is 106 Å². The van der Waals surface area contributed by atoms with Gasteiger partial charge in [0, 0.05) is 12.6 Å². The van der Waals surface area contributed by atoms with Crippen molar-refractivity contribution in [3.63, 3.8) is 0 Å². The highest BCUT2D eigenvalue weighted by atomic mass is 16.5. The maximum Gasteiger partial charge on any atom is 0.0694 e. The Balaban J connectivity index is 1.65. The second-order valence-corrected chi connectivity index (χ2v) is 5.80. The molecule has 3 nitrogen and oxygen atoms in total. The molecule has 100 valence electrons. The lowest BCUT2D eigenvalue weighted by atomic mass is 9.77. The van der Waals surface area contributed by atoms with Crippen LogP contribution in [-0.4, -0.2) is 50.3 Å². The summed E-state index contributed by atoms with van der Waals surface area (Å²) in [5.74, 6) is 0. The molecule has 1 N–H and O–H groups in total. The molecule has 0 spiro atoms. The predicted octanol–water partition coefficient (Wildman–Crippen LogP) is 2.02. The van der Waals surface area contributed by atoms with Gasteiger partial charge in [-0.05, 0) is 72.1 Å². The molecule has 0 amide bonds. The number of hydrogen-bond acceptors (Lipinski definition) is 3. The zero-order valence-corrected chi connectivity index (χ0v) is 11.5. The molecule has 1 heterocycles. The van der Waals surface area contributed by atoms with Crippen molar-refractivity contribution in [3.05, 3.63) is 0 Å². The van der Waals surface area contributed by atoms with Gasteiger partial charge >= 0.3 is 0 Å². The van der Waals surface area contributed by atoms with E-state index in [0.717, 1.165) is 19.2 Å². The molecule has 2 aliphatic rings. The van der Waals surface area contributed by atoms with Crippen molar-refractivity contribution in [1.29, 1.82) is 0 Å². The molecule has 0 aromatic carbocycles. The smallest absolute Gasteiger partial charge is 0.0694 e. The Morgan fingerprint density at radius 3 is 2.71 bits per heavy atom. The fourth-order valence-corrected chi connectivity index (χ4v) is 3.15. The number of hydrogen-bond donors (Lipinski definition) is 1. The molecule has 0 bridgehead atoms. The monoisotopic (exact) mass is 240 g/mol. The molecule has 0 aromatic rings. The van der Waals surface area contributed by atoms with Gasteiger partial charge in [-0.2, -0.15) is 0 Å². The third kappa shape index (κ3) is 3.43. The van der Waals surface area contributed by atoms with Gasteiger partial charge in [0.05, 0.1) is 5.60 Å². The zero-order valence-electron chi connectivity index (χ0n) is 11.5. The fourth-order valence-electron chi connectivity index (χ4n) is 3.15. The van der Waals surface area contributed by atoms with Gasteiger partial charge in [0.25, 0.3) is 0 Å². The van der Waals surface area contributed by atoms with Crippen molar-refractivity contribution in [3.8, 4) is 0 Å². The summed E-state index contributed by atoms with van der Waals surface area (Å²) in [6.07, 6.45) is 9.04. The highest BCUT2D eigenvalue weighted by Gasteiger charge is 2.37. The van der Waals surface area contributed by atoms with Gasteiger partial charge in [-0.25, -0.2) is 0 Å². The molecule has 2 fully saturated rings. The van der Waals surface area contributed by atoms with Gasteiger partial charge < -0.3 is 15.0 Å². The Kier molecular flexibility index (Phi) is 4.83. The molecule has 1 aliphatic carbocycles. The van der Waals surface area contributed by atoms with Crippen LogP contribution in [0.5, 0.6) is 0 Å². The van der Waals surface area contributed by atoms with Gasteiger partial charge in [-0.1, -0.05) is 0 Å². The van der Waals surface area contributed by atoms with Crippen molar-refractivity contribution < 1.29 is 4.74 Å². The van der Waals surface area contributed by atoms with E-state index in [0.29, 0.717) is 0 Å². The van der Waals surface area contributed by atoms with Crippen molar-refractivity contribution in [2.24, 2.45) is 0 Å². The normalized spacial score (nSPS) is 28.2. The molecule has 1 saturated carbocycles. The molecular formula is C14H28N2O. The van der Waals surface area contributed by atoms with E-state index in [4.69, 9.17) is 4.74 Å². The van der Waals surface area contributed by atoms with Crippen molar-refractivity contribution in [2.75, 3.05) is 33.8 Å². The standard InChI is InChI=1S/C14H28N2O/c1-15-10-9-14(7-4-8-14)17-12-6-13-5-3-11-16(13)2/h13,15H,3-12H2,1-2H3. The van der Waals surface area contributed by atoms with E-state index < -0.39 is 0 Å². The minimum absolute atomic E-state index is 0.236. The van der Waals surface area contributed by atoms with Crippen LogP contribution in [0, 0.1) is 0 Å². The van der Waals surface area contributed by atoms with Crippen LogP contribution < -0.4 is 5.32 Å². The quantitative estimate of drug-likeness (QED) is 0.737. The van der Waals surface area contributed by atoms with Gasteiger partial charge in [-0.15, -0.1) is 0 Å². The summed E-state index contributed by atoms with van der Waals surface area (Å²) >= 11 is 0. The van der Waals surface area contributed by atoms with Crippen LogP contribution in [0.15, 0.2) is 0 Å². The number of likely N-dealkylation sites (tertiary alicyclic amines) is 1. The molecule has 1 unspecified atom stereocenters. The van der Waals surface area contributed by atoms with Crippen molar-refractivity contribution >= 4 is 0 Å². The first-order valence-electron chi connectivity index (χ1n) is 7.25. The van der Waals surface area contributed by atoms with Crippen LogP contribution in [0.1, 0.15) is 44.9 Å². The summed E-state index contributed by atoms with van der Waals surface area (Å²) in [5, 5.41) is 3.24. The lowest BCUT2D eigenvalue weighted by molar-refractivity contribution is -0.107. The van der Waals surface area contributed by atoms with E-state index in [2.05, 4.69) is 17.3 Å². The summed E-state index contributed by atoms with van der Waals surface area (Å²) in [6.45, 7) is 3.32. The van der Waals surface area contributed by atoms with E-state index in [1.165, 1.54) is 51.5 Å². The number of rotatable bonds is 7. The lowest BCUT2D eigenvalue weighted by Crippen LogP contribution is -2.43. The summed E-state index contributed by atoms with van der Waals surface area (Å²) in [7, 11) is 4.28. The number of nitrogens with one attached hydrogen (secondary N) is 1. The molecular weight excluding hydrogens is 212 g/mol. The van der Waals surface area contributed by atoms with Gasteiger partial charge in [-0.3, -0.25) is 0 Å². The molecule has 0 aromatic heterocycles. The van der Waals surface area contributed by atoms with Crippen LogP contribution in [0.3, 0.4) is 0 Å². The van der Waals surface area contributed by atoms with E-state index in [1.54, 1.807) is 0 Å².